The van der Waals surface area contributed by atoms with Crippen LogP contribution in [0.4, 0.5) is 5.69 Å². The second-order valence-electron chi connectivity index (χ2n) is 6.49. The monoisotopic (exact) mass is 418 g/mol. The van der Waals surface area contributed by atoms with Crippen LogP contribution in [0.25, 0.3) is 10.9 Å². The van der Waals surface area contributed by atoms with E-state index < -0.39 is 18.0 Å². The molecule has 7 heteroatoms. The van der Waals surface area contributed by atoms with E-state index in [0.29, 0.717) is 22.2 Å². The minimum atomic E-state index is -0.918. The Bertz CT molecular complexity index is 980. The number of ether oxygens (including phenoxy) is 1. The Morgan fingerprint density at radius 2 is 1.86 bits per heavy atom. The molecular weight excluding hydrogens is 399 g/mol. The Kier molecular flexibility index (Phi) is 6.60. The first-order valence-corrected chi connectivity index (χ1v) is 9.69. The minimum Gasteiger partial charge on any atom is -0.453 e. The quantitative estimate of drug-likeness (QED) is 0.506. The van der Waals surface area contributed by atoms with Crippen molar-refractivity contribution < 1.29 is 14.3 Å². The lowest BCUT2D eigenvalue weighted by atomic mass is 10.1. The van der Waals surface area contributed by atoms with E-state index in [4.69, 9.17) is 27.9 Å². The first-order valence-electron chi connectivity index (χ1n) is 8.94. The molecule has 3 aromatic rings. The minimum absolute atomic E-state index is 0.236. The molecule has 0 spiro atoms. The summed E-state index contributed by atoms with van der Waals surface area (Å²) in [5.74, 6) is -0.852. The number of fused-ring (bicyclic) bond motifs is 1. The van der Waals surface area contributed by atoms with Crippen LogP contribution in [-0.2, 0) is 20.7 Å². The summed E-state index contributed by atoms with van der Waals surface area (Å²) in [6, 6.07) is 12.7. The molecule has 0 saturated heterocycles. The summed E-state index contributed by atoms with van der Waals surface area (Å²) >= 11 is 11.8. The molecule has 0 aliphatic carbocycles. The highest BCUT2D eigenvalue weighted by atomic mass is 35.5. The van der Waals surface area contributed by atoms with E-state index in [0.717, 1.165) is 22.9 Å². The van der Waals surface area contributed by atoms with Crippen LogP contribution < -0.4 is 5.32 Å². The number of esters is 1. The van der Waals surface area contributed by atoms with E-state index in [2.05, 4.69) is 10.3 Å². The number of hydrogen-bond donors (Lipinski definition) is 2. The van der Waals surface area contributed by atoms with Gasteiger partial charge in [0.05, 0.1) is 0 Å². The summed E-state index contributed by atoms with van der Waals surface area (Å²) in [6.07, 6.45) is 2.67. The number of aromatic nitrogens is 1. The van der Waals surface area contributed by atoms with Gasteiger partial charge in [-0.25, -0.2) is 0 Å². The summed E-state index contributed by atoms with van der Waals surface area (Å²) in [6.45, 7) is 1.53. The van der Waals surface area contributed by atoms with E-state index in [1.807, 2.05) is 30.5 Å². The Balaban J connectivity index is 1.46. The van der Waals surface area contributed by atoms with Crippen molar-refractivity contribution >= 4 is 51.7 Å². The second kappa shape index (κ2) is 9.13. The van der Waals surface area contributed by atoms with Crippen LogP contribution >= 0.6 is 23.2 Å². The second-order valence-corrected chi connectivity index (χ2v) is 7.37. The van der Waals surface area contributed by atoms with Crippen LogP contribution in [0, 0.1) is 0 Å². The molecule has 0 radical (unpaired) electrons. The molecule has 0 aliphatic heterocycles. The SMILES string of the molecule is C[C@@H](OC(=O)CCCc1c[nH]c2ccccc12)C(=O)Nc1cc(Cl)cc(Cl)c1. The van der Waals surface area contributed by atoms with Gasteiger partial charge >= 0.3 is 5.97 Å². The van der Waals surface area contributed by atoms with Crippen LogP contribution in [0.1, 0.15) is 25.3 Å². The lowest BCUT2D eigenvalue weighted by Gasteiger charge is -2.14. The van der Waals surface area contributed by atoms with Crippen LogP contribution in [0.15, 0.2) is 48.7 Å². The summed E-state index contributed by atoms with van der Waals surface area (Å²) in [4.78, 5) is 27.5. The van der Waals surface area contributed by atoms with Crippen molar-refractivity contribution in [2.24, 2.45) is 0 Å². The van der Waals surface area contributed by atoms with E-state index >= 15 is 0 Å². The molecule has 1 atom stereocenters. The molecule has 0 unspecified atom stereocenters. The molecule has 0 aliphatic rings. The summed E-state index contributed by atoms with van der Waals surface area (Å²) in [7, 11) is 0. The number of benzene rings is 2. The Morgan fingerprint density at radius 3 is 2.61 bits per heavy atom. The first kappa shape index (κ1) is 20.2. The molecule has 146 valence electrons. The molecule has 0 saturated carbocycles. The molecule has 1 aromatic heterocycles. The standard InChI is InChI=1S/C21H20Cl2N2O3/c1-13(21(27)25-17-10-15(22)9-16(23)11-17)28-20(26)8-4-5-14-12-24-19-7-3-2-6-18(14)19/h2-3,6-7,9-13,24H,4-5,8H2,1H3,(H,25,27)/t13-/m1/s1. The van der Waals surface area contributed by atoms with Crippen molar-refractivity contribution in [3.05, 3.63) is 64.3 Å². The number of H-pyrrole nitrogens is 1. The molecule has 0 fully saturated rings. The average Bonchev–Trinajstić information content (AvgIpc) is 3.04. The smallest absolute Gasteiger partial charge is 0.306 e. The highest BCUT2D eigenvalue weighted by Gasteiger charge is 2.18. The van der Waals surface area contributed by atoms with E-state index in [1.54, 1.807) is 18.2 Å². The number of para-hydroxylation sites is 1. The van der Waals surface area contributed by atoms with Crippen molar-refractivity contribution in [1.29, 1.82) is 0 Å². The number of halogens is 2. The highest BCUT2D eigenvalue weighted by molar-refractivity contribution is 6.35. The molecule has 3 rings (SSSR count). The Labute approximate surface area is 173 Å². The van der Waals surface area contributed by atoms with Gasteiger partial charge in [0, 0.05) is 39.3 Å². The lowest BCUT2D eigenvalue weighted by Crippen LogP contribution is -2.29. The molecular formula is C21H20Cl2N2O3. The maximum atomic E-state index is 12.2. The first-order chi connectivity index (χ1) is 13.4. The van der Waals surface area contributed by atoms with Gasteiger partial charge in [0.25, 0.3) is 5.91 Å². The maximum absolute atomic E-state index is 12.2. The zero-order chi connectivity index (χ0) is 20.1. The van der Waals surface area contributed by atoms with Crippen molar-refractivity contribution in [1.82, 2.24) is 4.98 Å². The van der Waals surface area contributed by atoms with Crippen molar-refractivity contribution in [2.75, 3.05) is 5.32 Å². The van der Waals surface area contributed by atoms with E-state index in [-0.39, 0.29) is 6.42 Å². The molecule has 5 nitrogen and oxygen atoms in total. The number of anilines is 1. The third-order valence-electron chi connectivity index (χ3n) is 4.31. The number of nitrogens with one attached hydrogen (secondary N) is 2. The zero-order valence-corrected chi connectivity index (χ0v) is 16.8. The maximum Gasteiger partial charge on any atom is 0.306 e. The number of rotatable bonds is 7. The normalized spacial score (nSPS) is 12.0. The van der Waals surface area contributed by atoms with Gasteiger partial charge in [0.2, 0.25) is 0 Å². The number of aryl methyl sites for hydroxylation is 1. The van der Waals surface area contributed by atoms with Crippen LogP contribution in [0.5, 0.6) is 0 Å². The fourth-order valence-corrected chi connectivity index (χ4v) is 3.47. The number of hydrogen-bond acceptors (Lipinski definition) is 3. The van der Waals surface area contributed by atoms with Gasteiger partial charge in [-0.2, -0.15) is 0 Å². The third kappa shape index (κ3) is 5.27. The van der Waals surface area contributed by atoms with E-state index in [9.17, 15) is 9.59 Å². The largest absolute Gasteiger partial charge is 0.453 e. The third-order valence-corrected chi connectivity index (χ3v) is 4.75. The molecule has 1 amide bonds. The van der Waals surface area contributed by atoms with E-state index in [1.165, 1.54) is 6.92 Å². The van der Waals surface area contributed by atoms with Gasteiger partial charge in [-0.05, 0) is 49.6 Å². The van der Waals surface area contributed by atoms with Crippen molar-refractivity contribution in [2.45, 2.75) is 32.3 Å². The average molecular weight is 419 g/mol. The number of amides is 1. The summed E-state index contributed by atoms with van der Waals surface area (Å²) in [5, 5.41) is 4.61. The van der Waals surface area contributed by atoms with Crippen molar-refractivity contribution in [3.8, 4) is 0 Å². The zero-order valence-electron chi connectivity index (χ0n) is 15.3. The molecule has 1 heterocycles. The topological polar surface area (TPSA) is 71.2 Å². The number of carbonyl (C=O) groups excluding carboxylic acids is 2. The number of aromatic amines is 1. The fraction of sp³-hybridized carbons (Fsp3) is 0.238. The van der Waals surface area contributed by atoms with Gasteiger partial charge < -0.3 is 15.0 Å². The molecule has 28 heavy (non-hydrogen) atoms. The van der Waals surface area contributed by atoms with Gasteiger partial charge in [0.1, 0.15) is 0 Å². The Hall–Kier alpha value is -2.50. The predicted molar refractivity (Wildman–Crippen MR) is 112 cm³/mol. The van der Waals surface area contributed by atoms with Crippen molar-refractivity contribution in [3.63, 3.8) is 0 Å². The van der Waals surface area contributed by atoms with Gasteiger partial charge in [0.15, 0.2) is 6.10 Å². The van der Waals surface area contributed by atoms with Gasteiger partial charge in [-0.3, -0.25) is 9.59 Å². The summed E-state index contributed by atoms with van der Waals surface area (Å²) in [5.41, 5.74) is 2.68. The van der Waals surface area contributed by atoms with Gasteiger partial charge in [-0.15, -0.1) is 0 Å². The fourth-order valence-electron chi connectivity index (χ4n) is 2.94. The highest BCUT2D eigenvalue weighted by Crippen LogP contribution is 2.23. The molecule has 0 bridgehead atoms. The molecule has 2 aromatic carbocycles. The Morgan fingerprint density at radius 1 is 1.14 bits per heavy atom. The van der Waals surface area contributed by atoms with Crippen LogP contribution in [-0.4, -0.2) is 23.0 Å². The van der Waals surface area contributed by atoms with Crippen LogP contribution in [0.2, 0.25) is 10.0 Å². The number of carbonyl (C=O) groups is 2. The van der Waals surface area contributed by atoms with Gasteiger partial charge in [-0.1, -0.05) is 41.4 Å². The van der Waals surface area contributed by atoms with Crippen LogP contribution in [0.3, 0.4) is 0 Å². The summed E-state index contributed by atoms with van der Waals surface area (Å²) < 4.78 is 5.23. The molecule has 2 N–H and O–H groups in total. The predicted octanol–water partition coefficient (Wildman–Crippen LogP) is 5.37. The lowest BCUT2D eigenvalue weighted by molar-refractivity contribution is -0.153.